The predicted molar refractivity (Wildman–Crippen MR) is 80.7 cm³/mol. The van der Waals surface area contributed by atoms with Crippen molar-refractivity contribution < 1.29 is 22.8 Å². The summed E-state index contributed by atoms with van der Waals surface area (Å²) in [5.74, 6) is -1.08. The van der Waals surface area contributed by atoms with E-state index in [0.717, 1.165) is 11.8 Å². The van der Waals surface area contributed by atoms with E-state index in [-0.39, 0.29) is 19.4 Å². The SMILES string of the molecule is CC(=O)N1CC(NC(=O)c2ccc3nncn3c2)CCC1C(F)(F)F. The van der Waals surface area contributed by atoms with Crippen LogP contribution in [0.4, 0.5) is 13.2 Å². The minimum Gasteiger partial charge on any atom is -0.347 e. The molecule has 0 spiro atoms. The summed E-state index contributed by atoms with van der Waals surface area (Å²) < 4.78 is 40.7. The number of hydrogen-bond donors (Lipinski definition) is 1. The predicted octanol–water partition coefficient (Wildman–Crippen LogP) is 1.40. The molecule has 2 aromatic rings. The highest BCUT2D eigenvalue weighted by atomic mass is 19.4. The molecule has 0 aromatic carbocycles. The summed E-state index contributed by atoms with van der Waals surface area (Å²) in [5, 5.41) is 10.2. The summed E-state index contributed by atoms with van der Waals surface area (Å²) in [6.07, 6.45) is -1.58. The van der Waals surface area contributed by atoms with Crippen molar-refractivity contribution in [3.63, 3.8) is 0 Å². The van der Waals surface area contributed by atoms with E-state index in [1.807, 2.05) is 0 Å². The van der Waals surface area contributed by atoms with Crippen molar-refractivity contribution in [3.05, 3.63) is 30.2 Å². The summed E-state index contributed by atoms with van der Waals surface area (Å²) in [6, 6.07) is 0.839. The number of amides is 2. The Kier molecular flexibility index (Phi) is 4.36. The third-order valence-corrected chi connectivity index (χ3v) is 4.25. The lowest BCUT2D eigenvalue weighted by molar-refractivity contribution is -0.196. The summed E-state index contributed by atoms with van der Waals surface area (Å²) in [4.78, 5) is 24.7. The molecule has 25 heavy (non-hydrogen) atoms. The molecule has 3 rings (SSSR count). The molecule has 0 radical (unpaired) electrons. The lowest BCUT2D eigenvalue weighted by atomic mass is 9.97. The van der Waals surface area contributed by atoms with Crippen molar-refractivity contribution in [1.82, 2.24) is 24.8 Å². The summed E-state index contributed by atoms with van der Waals surface area (Å²) in [7, 11) is 0. The molecule has 3 heterocycles. The fourth-order valence-corrected chi connectivity index (χ4v) is 3.01. The molecule has 2 atom stereocenters. The van der Waals surface area contributed by atoms with Crippen LogP contribution >= 0.6 is 0 Å². The molecular formula is C15H16F3N5O2. The van der Waals surface area contributed by atoms with Gasteiger partial charge in [-0.25, -0.2) is 0 Å². The van der Waals surface area contributed by atoms with Crippen molar-refractivity contribution in [2.24, 2.45) is 0 Å². The molecule has 2 amide bonds. The first-order valence-corrected chi connectivity index (χ1v) is 7.70. The van der Waals surface area contributed by atoms with Gasteiger partial charge in [0.25, 0.3) is 5.91 Å². The van der Waals surface area contributed by atoms with Crippen molar-refractivity contribution in [2.75, 3.05) is 6.54 Å². The zero-order chi connectivity index (χ0) is 18.2. The molecule has 134 valence electrons. The lowest BCUT2D eigenvalue weighted by Crippen LogP contribution is -2.57. The van der Waals surface area contributed by atoms with Gasteiger partial charge in [-0.15, -0.1) is 10.2 Å². The zero-order valence-electron chi connectivity index (χ0n) is 13.3. The number of halogens is 3. The van der Waals surface area contributed by atoms with Gasteiger partial charge in [0, 0.05) is 25.7 Å². The molecule has 1 aliphatic heterocycles. The number of hydrogen-bond acceptors (Lipinski definition) is 4. The Balaban J connectivity index is 1.70. The average Bonchev–Trinajstić information content (AvgIpc) is 3.01. The van der Waals surface area contributed by atoms with E-state index < -0.39 is 30.1 Å². The number of carbonyl (C=O) groups excluding carboxylic acids is 2. The largest absolute Gasteiger partial charge is 0.408 e. The fraction of sp³-hybridized carbons (Fsp3) is 0.467. The van der Waals surface area contributed by atoms with Crippen molar-refractivity contribution in [1.29, 1.82) is 0 Å². The summed E-state index contributed by atoms with van der Waals surface area (Å²) in [6.45, 7) is 0.934. The van der Waals surface area contributed by atoms with E-state index in [9.17, 15) is 22.8 Å². The van der Waals surface area contributed by atoms with E-state index in [1.54, 1.807) is 16.5 Å². The average molecular weight is 355 g/mol. The molecule has 0 bridgehead atoms. The highest BCUT2D eigenvalue weighted by molar-refractivity contribution is 5.94. The molecule has 10 heteroatoms. The number of nitrogens with zero attached hydrogens (tertiary/aromatic N) is 4. The Hall–Kier alpha value is -2.65. The quantitative estimate of drug-likeness (QED) is 0.883. The highest BCUT2D eigenvalue weighted by Crippen LogP contribution is 2.32. The second kappa shape index (κ2) is 6.34. The molecule has 0 saturated carbocycles. The van der Waals surface area contributed by atoms with Crippen LogP contribution in [0.1, 0.15) is 30.1 Å². The first-order valence-electron chi connectivity index (χ1n) is 7.70. The monoisotopic (exact) mass is 355 g/mol. The van der Waals surface area contributed by atoms with Gasteiger partial charge in [0.15, 0.2) is 5.65 Å². The molecule has 1 aliphatic rings. The Morgan fingerprint density at radius 2 is 2.04 bits per heavy atom. The molecular weight excluding hydrogens is 339 g/mol. The number of carbonyl (C=O) groups is 2. The van der Waals surface area contributed by atoms with Crippen LogP contribution in [0.3, 0.4) is 0 Å². The molecule has 1 N–H and O–H groups in total. The Labute approximate surface area is 140 Å². The Morgan fingerprint density at radius 3 is 2.72 bits per heavy atom. The molecule has 2 unspecified atom stereocenters. The van der Waals surface area contributed by atoms with Gasteiger partial charge in [-0.3, -0.25) is 14.0 Å². The number of nitrogens with one attached hydrogen (secondary N) is 1. The number of likely N-dealkylation sites (tertiary alicyclic amines) is 1. The molecule has 2 aromatic heterocycles. The maximum Gasteiger partial charge on any atom is 0.408 e. The Morgan fingerprint density at radius 1 is 1.28 bits per heavy atom. The van der Waals surface area contributed by atoms with E-state index in [2.05, 4.69) is 15.5 Å². The van der Waals surface area contributed by atoms with Gasteiger partial charge in [-0.1, -0.05) is 0 Å². The first kappa shape index (κ1) is 17.2. The van der Waals surface area contributed by atoms with Crippen LogP contribution in [0.25, 0.3) is 5.65 Å². The van der Waals surface area contributed by atoms with Crippen molar-refractivity contribution in [2.45, 2.75) is 38.0 Å². The number of piperidine rings is 1. The van der Waals surface area contributed by atoms with E-state index in [1.165, 1.54) is 12.5 Å². The van der Waals surface area contributed by atoms with Crippen LogP contribution in [-0.4, -0.2) is 56.1 Å². The number of alkyl halides is 3. The summed E-state index contributed by atoms with van der Waals surface area (Å²) >= 11 is 0. The van der Waals surface area contributed by atoms with Gasteiger partial charge in [0.1, 0.15) is 12.4 Å². The molecule has 1 fully saturated rings. The van der Waals surface area contributed by atoms with Crippen LogP contribution in [0.5, 0.6) is 0 Å². The van der Waals surface area contributed by atoms with Gasteiger partial charge in [-0.2, -0.15) is 13.2 Å². The van der Waals surface area contributed by atoms with Gasteiger partial charge in [-0.05, 0) is 25.0 Å². The number of aromatic nitrogens is 3. The Bertz CT molecular complexity index is 804. The normalized spacial score (nSPS) is 21.4. The van der Waals surface area contributed by atoms with Crippen molar-refractivity contribution in [3.8, 4) is 0 Å². The van der Waals surface area contributed by atoms with Gasteiger partial charge in [0.2, 0.25) is 5.91 Å². The maximum absolute atomic E-state index is 13.0. The third kappa shape index (κ3) is 3.57. The minimum atomic E-state index is -4.47. The van der Waals surface area contributed by atoms with E-state index in [0.29, 0.717) is 11.2 Å². The second-order valence-electron chi connectivity index (χ2n) is 5.99. The highest BCUT2D eigenvalue weighted by Gasteiger charge is 2.47. The van der Waals surface area contributed by atoms with Crippen molar-refractivity contribution >= 4 is 17.5 Å². The smallest absolute Gasteiger partial charge is 0.347 e. The number of pyridine rings is 1. The topological polar surface area (TPSA) is 79.6 Å². The molecule has 0 aliphatic carbocycles. The standard InChI is InChI=1S/C15H16F3N5O2/c1-9(24)23-7-11(3-4-12(23)15(16,17)18)20-14(25)10-2-5-13-21-19-8-22(13)6-10/h2,5-6,8,11-12H,3-4,7H2,1H3,(H,20,25). The fourth-order valence-electron chi connectivity index (χ4n) is 3.01. The second-order valence-corrected chi connectivity index (χ2v) is 5.99. The zero-order valence-corrected chi connectivity index (χ0v) is 13.3. The molecule has 7 nitrogen and oxygen atoms in total. The van der Waals surface area contributed by atoms with E-state index >= 15 is 0 Å². The van der Waals surface area contributed by atoms with Gasteiger partial charge < -0.3 is 10.2 Å². The van der Waals surface area contributed by atoms with E-state index in [4.69, 9.17) is 0 Å². The minimum absolute atomic E-state index is 0.147. The van der Waals surface area contributed by atoms with Crippen LogP contribution < -0.4 is 5.32 Å². The number of rotatable bonds is 2. The van der Waals surface area contributed by atoms with Crippen LogP contribution in [0.15, 0.2) is 24.7 Å². The first-order chi connectivity index (χ1) is 11.8. The van der Waals surface area contributed by atoms with Gasteiger partial charge in [0.05, 0.1) is 5.56 Å². The van der Waals surface area contributed by atoms with Crippen LogP contribution in [0.2, 0.25) is 0 Å². The van der Waals surface area contributed by atoms with Crippen LogP contribution in [-0.2, 0) is 4.79 Å². The van der Waals surface area contributed by atoms with Gasteiger partial charge >= 0.3 is 6.18 Å². The maximum atomic E-state index is 13.0. The lowest BCUT2D eigenvalue weighted by Gasteiger charge is -2.40. The van der Waals surface area contributed by atoms with Crippen LogP contribution in [0, 0.1) is 0 Å². The molecule has 1 saturated heterocycles. The summed E-state index contributed by atoms with van der Waals surface area (Å²) in [5.41, 5.74) is 0.907. The number of fused-ring (bicyclic) bond motifs is 1. The third-order valence-electron chi connectivity index (χ3n) is 4.25.